The van der Waals surface area contributed by atoms with Gasteiger partial charge in [0.05, 0.1) is 0 Å². The molecule has 0 atom stereocenters. The summed E-state index contributed by atoms with van der Waals surface area (Å²) in [5.41, 5.74) is 6.72. The SMILES string of the molecule is Nc1ncc(Sc2nnc3ccccn23)cc1Oc1ccccc1. The van der Waals surface area contributed by atoms with Crippen LogP contribution < -0.4 is 10.5 Å². The summed E-state index contributed by atoms with van der Waals surface area (Å²) >= 11 is 1.45. The van der Waals surface area contributed by atoms with Crippen LogP contribution in [0.15, 0.2) is 77.0 Å². The van der Waals surface area contributed by atoms with Gasteiger partial charge in [-0.15, -0.1) is 10.2 Å². The maximum Gasteiger partial charge on any atom is 0.200 e. The molecular formula is C17H13N5OS. The second-order valence-corrected chi connectivity index (χ2v) is 6.02. The molecule has 0 aliphatic carbocycles. The average Bonchev–Trinajstić information content (AvgIpc) is 3.02. The molecule has 4 aromatic rings. The van der Waals surface area contributed by atoms with Gasteiger partial charge < -0.3 is 10.5 Å². The van der Waals surface area contributed by atoms with Crippen molar-refractivity contribution >= 4 is 23.2 Å². The lowest BCUT2D eigenvalue weighted by atomic mass is 10.3. The molecule has 1 aromatic carbocycles. The standard InChI is InChI=1S/C17H13N5OS/c18-16-14(23-12-6-2-1-3-7-12)10-13(11-19-16)24-17-21-20-15-8-4-5-9-22(15)17/h1-11H,(H2,18,19). The van der Waals surface area contributed by atoms with Crippen LogP contribution in [0.4, 0.5) is 5.82 Å². The molecule has 0 aliphatic rings. The van der Waals surface area contributed by atoms with Crippen LogP contribution in [0.3, 0.4) is 0 Å². The van der Waals surface area contributed by atoms with Crippen LogP contribution in [0.1, 0.15) is 0 Å². The average molecular weight is 335 g/mol. The number of hydrogen-bond donors (Lipinski definition) is 1. The van der Waals surface area contributed by atoms with Gasteiger partial charge in [-0.25, -0.2) is 4.98 Å². The van der Waals surface area contributed by atoms with E-state index >= 15 is 0 Å². The molecule has 3 heterocycles. The second kappa shape index (κ2) is 6.21. The second-order valence-electron chi connectivity index (χ2n) is 4.98. The van der Waals surface area contributed by atoms with Crippen LogP contribution >= 0.6 is 11.8 Å². The zero-order valence-corrected chi connectivity index (χ0v) is 13.4. The Labute approximate surface area is 142 Å². The van der Waals surface area contributed by atoms with E-state index in [1.807, 2.05) is 65.2 Å². The molecule has 0 amide bonds. The molecule has 0 saturated carbocycles. The molecule has 0 aliphatic heterocycles. The molecule has 6 nitrogen and oxygen atoms in total. The third kappa shape index (κ3) is 2.89. The Morgan fingerprint density at radius 3 is 2.71 bits per heavy atom. The highest BCUT2D eigenvalue weighted by Crippen LogP contribution is 2.33. The number of nitrogens with zero attached hydrogens (tertiary/aromatic N) is 4. The fourth-order valence-corrected chi connectivity index (χ4v) is 3.00. The van der Waals surface area contributed by atoms with Crippen LogP contribution in [0.5, 0.6) is 11.5 Å². The van der Waals surface area contributed by atoms with Gasteiger partial charge >= 0.3 is 0 Å². The van der Waals surface area contributed by atoms with E-state index in [2.05, 4.69) is 15.2 Å². The molecule has 0 bridgehead atoms. The van der Waals surface area contributed by atoms with E-state index in [4.69, 9.17) is 10.5 Å². The third-order valence-corrected chi connectivity index (χ3v) is 4.24. The number of aromatic nitrogens is 4. The molecule has 2 N–H and O–H groups in total. The molecule has 0 radical (unpaired) electrons. The summed E-state index contributed by atoms with van der Waals surface area (Å²) in [7, 11) is 0. The molecule has 0 saturated heterocycles. The van der Waals surface area contributed by atoms with Gasteiger partial charge in [-0.05, 0) is 36.0 Å². The van der Waals surface area contributed by atoms with Crippen molar-refractivity contribution in [2.24, 2.45) is 0 Å². The number of fused-ring (bicyclic) bond motifs is 1. The first-order valence-corrected chi connectivity index (χ1v) is 8.07. The largest absolute Gasteiger partial charge is 0.453 e. The zero-order valence-electron chi connectivity index (χ0n) is 12.5. The van der Waals surface area contributed by atoms with Gasteiger partial charge in [0, 0.05) is 23.4 Å². The molecule has 118 valence electrons. The van der Waals surface area contributed by atoms with Crippen molar-refractivity contribution in [2.75, 3.05) is 5.73 Å². The highest BCUT2D eigenvalue weighted by molar-refractivity contribution is 7.99. The Kier molecular flexibility index (Phi) is 3.76. The quantitative estimate of drug-likeness (QED) is 0.613. The van der Waals surface area contributed by atoms with Gasteiger partial charge in [0.15, 0.2) is 22.4 Å². The summed E-state index contributed by atoms with van der Waals surface area (Å²) in [4.78, 5) is 5.08. The number of benzene rings is 1. The first kappa shape index (κ1) is 14.5. The first-order chi connectivity index (χ1) is 11.8. The van der Waals surface area contributed by atoms with Gasteiger partial charge in [0.25, 0.3) is 0 Å². The summed E-state index contributed by atoms with van der Waals surface area (Å²) in [6.07, 6.45) is 3.62. The van der Waals surface area contributed by atoms with Gasteiger partial charge in [-0.1, -0.05) is 24.3 Å². The minimum Gasteiger partial charge on any atom is -0.453 e. The van der Waals surface area contributed by atoms with Crippen molar-refractivity contribution in [1.82, 2.24) is 19.6 Å². The predicted molar refractivity (Wildman–Crippen MR) is 92.3 cm³/mol. The maximum atomic E-state index is 5.92. The van der Waals surface area contributed by atoms with Crippen LogP contribution in [-0.4, -0.2) is 19.6 Å². The topological polar surface area (TPSA) is 78.3 Å². The highest BCUT2D eigenvalue weighted by atomic mass is 32.2. The zero-order chi connectivity index (χ0) is 16.4. The van der Waals surface area contributed by atoms with E-state index in [9.17, 15) is 0 Å². The van der Waals surface area contributed by atoms with E-state index < -0.39 is 0 Å². The van der Waals surface area contributed by atoms with Crippen LogP contribution in [0.2, 0.25) is 0 Å². The van der Waals surface area contributed by atoms with Crippen molar-refractivity contribution in [2.45, 2.75) is 10.1 Å². The number of nitrogen functional groups attached to an aromatic ring is 1. The Hall–Kier alpha value is -3.06. The van der Waals surface area contributed by atoms with E-state index in [-0.39, 0.29) is 0 Å². The van der Waals surface area contributed by atoms with Crippen molar-refractivity contribution < 1.29 is 4.74 Å². The molecule has 4 rings (SSSR count). The fraction of sp³-hybridized carbons (Fsp3) is 0. The number of pyridine rings is 2. The highest BCUT2D eigenvalue weighted by Gasteiger charge is 2.10. The molecule has 24 heavy (non-hydrogen) atoms. The Morgan fingerprint density at radius 2 is 1.83 bits per heavy atom. The van der Waals surface area contributed by atoms with Crippen LogP contribution in [0, 0.1) is 0 Å². The summed E-state index contributed by atoms with van der Waals surface area (Å²) < 4.78 is 7.73. The minimum absolute atomic E-state index is 0.342. The number of rotatable bonds is 4. The Balaban J connectivity index is 1.63. The van der Waals surface area contributed by atoms with E-state index in [1.165, 1.54) is 11.8 Å². The molecule has 0 spiro atoms. The van der Waals surface area contributed by atoms with Crippen molar-refractivity contribution in [1.29, 1.82) is 0 Å². The number of hydrogen-bond acceptors (Lipinski definition) is 6. The molecule has 7 heteroatoms. The molecule has 3 aromatic heterocycles. The summed E-state index contributed by atoms with van der Waals surface area (Å²) in [5.74, 6) is 1.57. The monoisotopic (exact) mass is 335 g/mol. The normalized spacial score (nSPS) is 10.8. The van der Waals surface area contributed by atoms with Crippen molar-refractivity contribution in [3.63, 3.8) is 0 Å². The number of ether oxygens (including phenoxy) is 1. The predicted octanol–water partition coefficient (Wildman–Crippen LogP) is 3.65. The summed E-state index contributed by atoms with van der Waals surface area (Å²) in [6, 6.07) is 17.1. The molecular weight excluding hydrogens is 322 g/mol. The van der Waals surface area contributed by atoms with Gasteiger partial charge in [0.2, 0.25) is 0 Å². The lowest BCUT2D eigenvalue weighted by Gasteiger charge is -2.09. The van der Waals surface area contributed by atoms with E-state index in [1.54, 1.807) is 6.20 Å². The van der Waals surface area contributed by atoms with Crippen molar-refractivity contribution in [3.05, 3.63) is 67.0 Å². The van der Waals surface area contributed by atoms with E-state index in [0.717, 1.165) is 15.7 Å². The number of anilines is 1. The van der Waals surface area contributed by atoms with Gasteiger partial charge in [-0.3, -0.25) is 4.40 Å². The number of para-hydroxylation sites is 1. The van der Waals surface area contributed by atoms with Gasteiger partial charge in [0.1, 0.15) is 5.75 Å². The number of nitrogens with two attached hydrogens (primary N) is 1. The van der Waals surface area contributed by atoms with Gasteiger partial charge in [-0.2, -0.15) is 0 Å². The lowest BCUT2D eigenvalue weighted by Crippen LogP contribution is -1.96. The Bertz CT molecular complexity index is 987. The van der Waals surface area contributed by atoms with Crippen molar-refractivity contribution in [3.8, 4) is 11.5 Å². The summed E-state index contributed by atoms with van der Waals surface area (Å²) in [6.45, 7) is 0. The smallest absolute Gasteiger partial charge is 0.200 e. The fourth-order valence-electron chi connectivity index (χ4n) is 2.18. The minimum atomic E-state index is 0.342. The first-order valence-electron chi connectivity index (χ1n) is 7.25. The van der Waals surface area contributed by atoms with Crippen LogP contribution in [-0.2, 0) is 0 Å². The maximum absolute atomic E-state index is 5.92. The lowest BCUT2D eigenvalue weighted by molar-refractivity contribution is 0.481. The van der Waals surface area contributed by atoms with Crippen LogP contribution in [0.25, 0.3) is 5.65 Å². The molecule has 0 unspecified atom stereocenters. The molecule has 0 fully saturated rings. The summed E-state index contributed by atoms with van der Waals surface area (Å²) in [5, 5.41) is 9.09. The third-order valence-electron chi connectivity index (χ3n) is 3.32. The van der Waals surface area contributed by atoms with E-state index in [0.29, 0.717) is 17.3 Å². The Morgan fingerprint density at radius 1 is 1.00 bits per heavy atom.